The number of fused-ring (bicyclic) bond motifs is 1. The molecule has 1 aromatic heterocycles. The highest BCUT2D eigenvalue weighted by Crippen LogP contribution is 2.24. The van der Waals surface area contributed by atoms with Crippen LogP contribution >= 0.6 is 0 Å². The van der Waals surface area contributed by atoms with E-state index in [1.54, 1.807) is 0 Å². The molecule has 1 aliphatic rings. The summed E-state index contributed by atoms with van der Waals surface area (Å²) in [6, 6.07) is 0. The molecule has 1 unspecified atom stereocenters. The second kappa shape index (κ2) is 2.81. The summed E-state index contributed by atoms with van der Waals surface area (Å²) in [4.78, 5) is 0. The molecular formula is C9H14N2O. The van der Waals surface area contributed by atoms with Crippen LogP contribution in [-0.2, 0) is 6.54 Å². The van der Waals surface area contributed by atoms with Crippen molar-refractivity contribution in [3.05, 3.63) is 11.8 Å². The maximum atomic E-state index is 5.60. The molecule has 0 aliphatic carbocycles. The van der Waals surface area contributed by atoms with Crippen LogP contribution in [0.15, 0.2) is 6.20 Å². The molecule has 12 heavy (non-hydrogen) atoms. The van der Waals surface area contributed by atoms with Crippen LogP contribution in [0, 0.1) is 12.8 Å². The van der Waals surface area contributed by atoms with Crippen LogP contribution in [0.2, 0.25) is 0 Å². The molecular weight excluding hydrogens is 152 g/mol. The second-order valence-corrected chi connectivity index (χ2v) is 3.40. The SMILES string of the molecule is CCC1COc2c(C)cnn2C1. The molecule has 0 saturated heterocycles. The van der Waals surface area contributed by atoms with Crippen molar-refractivity contribution in [2.45, 2.75) is 26.8 Å². The van der Waals surface area contributed by atoms with Gasteiger partial charge in [0.1, 0.15) is 0 Å². The maximum Gasteiger partial charge on any atom is 0.214 e. The number of ether oxygens (including phenoxy) is 1. The third-order valence-electron chi connectivity index (χ3n) is 2.43. The first-order valence-corrected chi connectivity index (χ1v) is 4.46. The maximum absolute atomic E-state index is 5.60. The summed E-state index contributed by atoms with van der Waals surface area (Å²) in [5.41, 5.74) is 1.14. The summed E-state index contributed by atoms with van der Waals surface area (Å²) in [7, 11) is 0. The molecule has 1 aliphatic heterocycles. The smallest absolute Gasteiger partial charge is 0.214 e. The lowest BCUT2D eigenvalue weighted by Crippen LogP contribution is -2.25. The van der Waals surface area contributed by atoms with Crippen LogP contribution in [0.3, 0.4) is 0 Å². The van der Waals surface area contributed by atoms with Gasteiger partial charge in [-0.15, -0.1) is 0 Å². The zero-order valence-corrected chi connectivity index (χ0v) is 7.58. The Morgan fingerprint density at radius 1 is 1.75 bits per heavy atom. The summed E-state index contributed by atoms with van der Waals surface area (Å²) in [6.07, 6.45) is 3.03. The van der Waals surface area contributed by atoms with Crippen molar-refractivity contribution in [3.63, 3.8) is 0 Å². The fourth-order valence-corrected chi connectivity index (χ4v) is 1.53. The van der Waals surface area contributed by atoms with Gasteiger partial charge in [0.15, 0.2) is 0 Å². The molecule has 1 aromatic rings. The van der Waals surface area contributed by atoms with E-state index in [1.807, 2.05) is 17.8 Å². The van der Waals surface area contributed by atoms with Crippen LogP contribution in [0.1, 0.15) is 18.9 Å². The predicted molar refractivity (Wildman–Crippen MR) is 46.2 cm³/mol. The van der Waals surface area contributed by atoms with Gasteiger partial charge < -0.3 is 4.74 Å². The number of hydrogen-bond acceptors (Lipinski definition) is 2. The molecule has 0 spiro atoms. The van der Waals surface area contributed by atoms with Crippen molar-refractivity contribution in [3.8, 4) is 5.88 Å². The van der Waals surface area contributed by atoms with E-state index < -0.39 is 0 Å². The van der Waals surface area contributed by atoms with Crippen molar-refractivity contribution in [2.24, 2.45) is 5.92 Å². The van der Waals surface area contributed by atoms with Crippen LogP contribution in [0.5, 0.6) is 5.88 Å². The normalized spacial score (nSPS) is 21.7. The van der Waals surface area contributed by atoms with Crippen LogP contribution in [0.25, 0.3) is 0 Å². The van der Waals surface area contributed by atoms with Gasteiger partial charge in [0.25, 0.3) is 0 Å². The van der Waals surface area contributed by atoms with E-state index in [2.05, 4.69) is 12.0 Å². The lowest BCUT2D eigenvalue weighted by Gasteiger charge is -2.23. The first-order valence-electron chi connectivity index (χ1n) is 4.46. The number of aryl methyl sites for hydroxylation is 1. The Balaban J connectivity index is 2.24. The zero-order valence-electron chi connectivity index (χ0n) is 7.58. The lowest BCUT2D eigenvalue weighted by atomic mass is 10.1. The summed E-state index contributed by atoms with van der Waals surface area (Å²) in [5, 5.41) is 4.25. The first kappa shape index (κ1) is 7.65. The minimum atomic E-state index is 0.636. The van der Waals surface area contributed by atoms with E-state index in [1.165, 1.54) is 6.42 Å². The Hall–Kier alpha value is -0.990. The molecule has 2 rings (SSSR count). The Morgan fingerprint density at radius 2 is 2.58 bits per heavy atom. The molecule has 0 N–H and O–H groups in total. The van der Waals surface area contributed by atoms with E-state index in [9.17, 15) is 0 Å². The van der Waals surface area contributed by atoms with Crippen molar-refractivity contribution >= 4 is 0 Å². The molecule has 3 heteroatoms. The van der Waals surface area contributed by atoms with Crippen LogP contribution in [-0.4, -0.2) is 16.4 Å². The third kappa shape index (κ3) is 1.09. The summed E-state index contributed by atoms with van der Waals surface area (Å²) in [5.74, 6) is 1.59. The Kier molecular flexibility index (Phi) is 1.79. The van der Waals surface area contributed by atoms with Crippen molar-refractivity contribution in [2.75, 3.05) is 6.61 Å². The van der Waals surface area contributed by atoms with Gasteiger partial charge in [-0.2, -0.15) is 5.10 Å². The average Bonchev–Trinajstić information content (AvgIpc) is 2.47. The highest BCUT2D eigenvalue weighted by molar-refractivity contribution is 5.23. The number of nitrogens with zero attached hydrogens (tertiary/aromatic N) is 2. The Labute approximate surface area is 72.3 Å². The molecule has 0 saturated carbocycles. The monoisotopic (exact) mass is 166 g/mol. The van der Waals surface area contributed by atoms with Gasteiger partial charge in [-0.1, -0.05) is 6.92 Å². The molecule has 0 radical (unpaired) electrons. The topological polar surface area (TPSA) is 27.1 Å². The van der Waals surface area contributed by atoms with Crippen LogP contribution < -0.4 is 4.74 Å². The third-order valence-corrected chi connectivity index (χ3v) is 2.43. The minimum Gasteiger partial charge on any atom is -0.477 e. The second-order valence-electron chi connectivity index (χ2n) is 3.40. The lowest BCUT2D eigenvalue weighted by molar-refractivity contribution is 0.160. The molecule has 0 bridgehead atoms. The van der Waals surface area contributed by atoms with E-state index in [0.717, 1.165) is 24.6 Å². The summed E-state index contributed by atoms with van der Waals surface area (Å²) in [6.45, 7) is 6.09. The molecule has 2 heterocycles. The first-order chi connectivity index (χ1) is 5.81. The van der Waals surface area contributed by atoms with E-state index in [4.69, 9.17) is 4.74 Å². The molecule has 0 amide bonds. The Bertz CT molecular complexity index is 280. The van der Waals surface area contributed by atoms with Gasteiger partial charge in [-0.3, -0.25) is 0 Å². The molecule has 1 atom stereocenters. The van der Waals surface area contributed by atoms with Crippen molar-refractivity contribution < 1.29 is 4.74 Å². The fraction of sp³-hybridized carbons (Fsp3) is 0.667. The molecule has 3 nitrogen and oxygen atoms in total. The number of aromatic nitrogens is 2. The van der Waals surface area contributed by atoms with Gasteiger partial charge in [0.05, 0.1) is 19.3 Å². The standard InChI is InChI=1S/C9H14N2O/c1-3-8-5-11-9(12-6-8)7(2)4-10-11/h4,8H,3,5-6H2,1-2H3. The molecule has 0 aromatic carbocycles. The van der Waals surface area contributed by atoms with Gasteiger partial charge >= 0.3 is 0 Å². The van der Waals surface area contributed by atoms with Gasteiger partial charge in [0, 0.05) is 11.5 Å². The molecule has 66 valence electrons. The van der Waals surface area contributed by atoms with Crippen LogP contribution in [0.4, 0.5) is 0 Å². The minimum absolute atomic E-state index is 0.636. The highest BCUT2D eigenvalue weighted by Gasteiger charge is 2.19. The predicted octanol–water partition coefficient (Wildman–Crippen LogP) is 1.61. The van der Waals surface area contributed by atoms with Gasteiger partial charge in [-0.05, 0) is 13.3 Å². The average molecular weight is 166 g/mol. The van der Waals surface area contributed by atoms with Gasteiger partial charge in [0.2, 0.25) is 5.88 Å². The summed E-state index contributed by atoms with van der Waals surface area (Å²) < 4.78 is 7.56. The highest BCUT2D eigenvalue weighted by atomic mass is 16.5. The van der Waals surface area contributed by atoms with Gasteiger partial charge in [-0.25, -0.2) is 4.68 Å². The largest absolute Gasteiger partial charge is 0.477 e. The van der Waals surface area contributed by atoms with E-state index in [-0.39, 0.29) is 0 Å². The summed E-state index contributed by atoms with van der Waals surface area (Å²) >= 11 is 0. The van der Waals surface area contributed by atoms with Crippen molar-refractivity contribution in [1.82, 2.24) is 9.78 Å². The quantitative estimate of drug-likeness (QED) is 0.633. The fourth-order valence-electron chi connectivity index (χ4n) is 1.53. The Morgan fingerprint density at radius 3 is 3.33 bits per heavy atom. The number of rotatable bonds is 1. The zero-order chi connectivity index (χ0) is 8.55. The van der Waals surface area contributed by atoms with Crippen molar-refractivity contribution in [1.29, 1.82) is 0 Å². The van der Waals surface area contributed by atoms with E-state index in [0.29, 0.717) is 5.92 Å². The van der Waals surface area contributed by atoms with E-state index >= 15 is 0 Å². The molecule has 0 fully saturated rings. The number of hydrogen-bond donors (Lipinski definition) is 0.